The molecule has 1 radical (unpaired) electrons. The molecule has 0 bridgehead atoms. The first-order valence-electron chi connectivity index (χ1n) is 3.12. The third kappa shape index (κ3) is 5.15. The van der Waals surface area contributed by atoms with Gasteiger partial charge in [0.2, 0.25) is 0 Å². The van der Waals surface area contributed by atoms with Crippen LogP contribution in [0.25, 0.3) is 0 Å². The highest BCUT2D eigenvalue weighted by Crippen LogP contribution is 1.78. The van der Waals surface area contributed by atoms with Crippen LogP contribution in [0.3, 0.4) is 0 Å². The summed E-state index contributed by atoms with van der Waals surface area (Å²) in [7, 11) is 0. The number of hydrogen-bond acceptors (Lipinski definition) is 2. The number of carbonyl (C=O) groups excluding carboxylic acids is 1. The van der Waals surface area contributed by atoms with Crippen LogP contribution in [0.4, 0.5) is 4.79 Å². The van der Waals surface area contributed by atoms with Gasteiger partial charge in [-0.3, -0.25) is 0 Å². The molecule has 3 heteroatoms. The van der Waals surface area contributed by atoms with Crippen molar-refractivity contribution >= 4 is 6.09 Å². The van der Waals surface area contributed by atoms with Crippen LogP contribution in [0.15, 0.2) is 12.7 Å². The van der Waals surface area contributed by atoms with Crippen LogP contribution in [-0.4, -0.2) is 19.2 Å². The Kier molecular flexibility index (Phi) is 5.53. The minimum Gasteiger partial charge on any atom is -0.445 e. The number of amides is 1. The van der Waals surface area contributed by atoms with E-state index in [0.29, 0.717) is 13.0 Å². The third-order valence-corrected chi connectivity index (χ3v) is 0.778. The summed E-state index contributed by atoms with van der Waals surface area (Å²) < 4.78 is 4.60. The number of hydrogen-bond donors (Lipinski definition) is 1. The lowest BCUT2D eigenvalue weighted by atomic mass is 10.5. The van der Waals surface area contributed by atoms with Crippen LogP contribution in [-0.2, 0) is 4.74 Å². The second-order valence-corrected chi connectivity index (χ2v) is 1.67. The lowest BCUT2D eigenvalue weighted by Gasteiger charge is -2.01. The zero-order valence-corrected chi connectivity index (χ0v) is 5.93. The Morgan fingerprint density at radius 2 is 2.40 bits per heavy atom. The first-order valence-corrected chi connectivity index (χ1v) is 3.12. The average Bonchev–Trinajstić information content (AvgIpc) is 1.97. The Hall–Kier alpha value is -0.990. The molecule has 0 atom stereocenters. The second-order valence-electron chi connectivity index (χ2n) is 1.67. The fraction of sp³-hybridized carbons (Fsp3) is 0.429. The van der Waals surface area contributed by atoms with Crippen molar-refractivity contribution < 1.29 is 9.53 Å². The van der Waals surface area contributed by atoms with Gasteiger partial charge in [-0.25, -0.2) is 4.79 Å². The van der Waals surface area contributed by atoms with Crippen LogP contribution in [0.2, 0.25) is 0 Å². The Labute approximate surface area is 61.1 Å². The van der Waals surface area contributed by atoms with E-state index < -0.39 is 6.09 Å². The van der Waals surface area contributed by atoms with E-state index in [4.69, 9.17) is 0 Å². The van der Waals surface area contributed by atoms with Gasteiger partial charge in [-0.05, 0) is 6.42 Å². The molecule has 0 rings (SSSR count). The molecule has 0 aliphatic heterocycles. The fourth-order valence-electron chi connectivity index (χ4n) is 0.376. The van der Waals surface area contributed by atoms with Crippen LogP contribution >= 0.6 is 0 Å². The van der Waals surface area contributed by atoms with Crippen molar-refractivity contribution in [1.29, 1.82) is 0 Å². The highest BCUT2D eigenvalue weighted by atomic mass is 16.5. The molecule has 0 spiro atoms. The van der Waals surface area contributed by atoms with Crippen LogP contribution < -0.4 is 5.32 Å². The largest absolute Gasteiger partial charge is 0.445 e. The molecule has 0 aromatic heterocycles. The van der Waals surface area contributed by atoms with E-state index in [-0.39, 0.29) is 6.61 Å². The number of ether oxygens (including phenoxy) is 1. The number of alkyl carbamates (subject to hydrolysis) is 1. The molecule has 0 fully saturated rings. The maximum absolute atomic E-state index is 10.6. The smallest absolute Gasteiger partial charge is 0.407 e. The van der Waals surface area contributed by atoms with Gasteiger partial charge in [0, 0.05) is 6.54 Å². The molecule has 0 aliphatic carbocycles. The summed E-state index contributed by atoms with van der Waals surface area (Å²) in [5, 5.41) is 2.50. The van der Waals surface area contributed by atoms with Crippen LogP contribution in [0, 0.1) is 6.92 Å². The van der Waals surface area contributed by atoms with E-state index in [1.807, 2.05) is 0 Å². The van der Waals surface area contributed by atoms with Gasteiger partial charge >= 0.3 is 6.09 Å². The molecule has 0 saturated heterocycles. The zero-order valence-electron chi connectivity index (χ0n) is 5.93. The number of rotatable bonds is 4. The predicted molar refractivity (Wildman–Crippen MR) is 39.5 cm³/mol. The molecule has 0 aliphatic rings. The Bertz CT molecular complexity index is 112. The molecule has 0 heterocycles. The SMILES string of the molecule is [CH2]CCNC(=O)OCC=C. The molecule has 0 aromatic carbocycles. The van der Waals surface area contributed by atoms with Gasteiger partial charge in [0.15, 0.2) is 0 Å². The van der Waals surface area contributed by atoms with E-state index in [1.165, 1.54) is 6.08 Å². The Balaban J connectivity index is 3.16. The third-order valence-electron chi connectivity index (χ3n) is 0.778. The van der Waals surface area contributed by atoms with Crippen molar-refractivity contribution in [2.75, 3.05) is 13.2 Å². The van der Waals surface area contributed by atoms with E-state index in [2.05, 4.69) is 23.6 Å². The first-order chi connectivity index (χ1) is 4.81. The highest BCUT2D eigenvalue weighted by Gasteiger charge is 1.95. The van der Waals surface area contributed by atoms with Gasteiger partial charge in [0.25, 0.3) is 0 Å². The monoisotopic (exact) mass is 142 g/mol. The minimum absolute atomic E-state index is 0.253. The summed E-state index contributed by atoms with van der Waals surface area (Å²) >= 11 is 0. The van der Waals surface area contributed by atoms with E-state index in [9.17, 15) is 4.79 Å². The zero-order chi connectivity index (χ0) is 7.82. The Morgan fingerprint density at radius 1 is 1.70 bits per heavy atom. The topological polar surface area (TPSA) is 38.3 Å². The highest BCUT2D eigenvalue weighted by molar-refractivity contribution is 5.67. The lowest BCUT2D eigenvalue weighted by molar-refractivity contribution is 0.158. The Morgan fingerprint density at radius 3 is 2.90 bits per heavy atom. The van der Waals surface area contributed by atoms with Crippen molar-refractivity contribution in [3.05, 3.63) is 19.6 Å². The molecule has 57 valence electrons. The summed E-state index contributed by atoms with van der Waals surface area (Å²) in [5.41, 5.74) is 0. The standard InChI is InChI=1S/C7H12NO2/c1-3-5-8-7(9)10-6-4-2/h4H,1-3,5-6H2,(H,8,9). The molecular weight excluding hydrogens is 130 g/mol. The van der Waals surface area contributed by atoms with Gasteiger partial charge in [0.1, 0.15) is 6.61 Å². The van der Waals surface area contributed by atoms with Crippen molar-refractivity contribution in [3.63, 3.8) is 0 Å². The van der Waals surface area contributed by atoms with Crippen molar-refractivity contribution in [2.45, 2.75) is 6.42 Å². The maximum Gasteiger partial charge on any atom is 0.407 e. The molecule has 3 nitrogen and oxygen atoms in total. The summed E-state index contributed by atoms with van der Waals surface area (Å²) in [6.07, 6.45) is 1.77. The van der Waals surface area contributed by atoms with Crippen molar-refractivity contribution in [2.24, 2.45) is 0 Å². The first kappa shape index (κ1) is 9.01. The quantitative estimate of drug-likeness (QED) is 0.597. The van der Waals surface area contributed by atoms with Crippen LogP contribution in [0.1, 0.15) is 6.42 Å². The van der Waals surface area contributed by atoms with E-state index >= 15 is 0 Å². The summed E-state index contributed by atoms with van der Waals surface area (Å²) in [4.78, 5) is 10.6. The molecule has 1 N–H and O–H groups in total. The molecule has 0 unspecified atom stereocenters. The minimum atomic E-state index is -0.413. The van der Waals surface area contributed by atoms with Gasteiger partial charge < -0.3 is 10.1 Å². The van der Waals surface area contributed by atoms with Gasteiger partial charge in [-0.1, -0.05) is 19.6 Å². The summed E-state index contributed by atoms with van der Waals surface area (Å²) in [6, 6.07) is 0. The average molecular weight is 142 g/mol. The van der Waals surface area contributed by atoms with Crippen molar-refractivity contribution in [3.8, 4) is 0 Å². The lowest BCUT2D eigenvalue weighted by Crippen LogP contribution is -2.24. The fourth-order valence-corrected chi connectivity index (χ4v) is 0.376. The molecule has 0 aromatic rings. The second kappa shape index (κ2) is 6.13. The number of carbonyl (C=O) groups is 1. The predicted octanol–water partition coefficient (Wildman–Crippen LogP) is 1.12. The van der Waals surface area contributed by atoms with Crippen molar-refractivity contribution in [1.82, 2.24) is 5.32 Å². The normalized spacial score (nSPS) is 8.50. The molecule has 10 heavy (non-hydrogen) atoms. The van der Waals surface area contributed by atoms with Gasteiger partial charge in [-0.15, -0.1) is 0 Å². The number of nitrogens with one attached hydrogen (secondary N) is 1. The molecular formula is C7H12NO2. The van der Waals surface area contributed by atoms with Crippen LogP contribution in [0.5, 0.6) is 0 Å². The summed E-state index contributed by atoms with van der Waals surface area (Å²) in [5.74, 6) is 0. The van der Waals surface area contributed by atoms with Gasteiger partial charge in [0.05, 0.1) is 0 Å². The maximum atomic E-state index is 10.6. The molecule has 1 amide bonds. The summed E-state index contributed by atoms with van der Waals surface area (Å²) in [6.45, 7) is 7.75. The van der Waals surface area contributed by atoms with E-state index in [0.717, 1.165) is 0 Å². The van der Waals surface area contributed by atoms with E-state index in [1.54, 1.807) is 0 Å². The molecule has 0 saturated carbocycles. The van der Waals surface area contributed by atoms with Gasteiger partial charge in [-0.2, -0.15) is 0 Å².